The van der Waals surface area contributed by atoms with E-state index in [1.54, 1.807) is 6.07 Å². The summed E-state index contributed by atoms with van der Waals surface area (Å²) < 4.78 is 9.65. The standard InChI is InChI=1S/C12H13Br3N2O2/c1-3-17-8(11(14)6(2)16-17)5-9(18)10-4-7(13)12(15)19-10/h4,9,18H,3,5H2,1-2H3. The summed E-state index contributed by atoms with van der Waals surface area (Å²) >= 11 is 10.1. The number of rotatable bonds is 4. The number of nitrogens with zero attached hydrogens (tertiary/aromatic N) is 2. The van der Waals surface area contributed by atoms with Gasteiger partial charge in [0.05, 0.1) is 20.3 Å². The van der Waals surface area contributed by atoms with Gasteiger partial charge in [-0.05, 0) is 67.7 Å². The first-order valence-electron chi connectivity index (χ1n) is 5.78. The van der Waals surface area contributed by atoms with Gasteiger partial charge in [-0.2, -0.15) is 5.10 Å². The van der Waals surface area contributed by atoms with E-state index >= 15 is 0 Å². The fraction of sp³-hybridized carbons (Fsp3) is 0.417. The minimum absolute atomic E-state index is 0.446. The summed E-state index contributed by atoms with van der Waals surface area (Å²) in [6, 6.07) is 1.77. The fourth-order valence-corrected chi connectivity index (χ4v) is 2.93. The Hall–Kier alpha value is -0.110. The van der Waals surface area contributed by atoms with Gasteiger partial charge < -0.3 is 9.52 Å². The van der Waals surface area contributed by atoms with E-state index in [1.165, 1.54) is 0 Å². The summed E-state index contributed by atoms with van der Waals surface area (Å²) in [4.78, 5) is 0. The third kappa shape index (κ3) is 3.15. The van der Waals surface area contributed by atoms with E-state index in [0.717, 1.165) is 26.9 Å². The smallest absolute Gasteiger partial charge is 0.183 e. The van der Waals surface area contributed by atoms with Crippen molar-refractivity contribution in [1.29, 1.82) is 0 Å². The molecule has 1 N–H and O–H groups in total. The molecule has 7 heteroatoms. The second kappa shape index (κ2) is 6.11. The van der Waals surface area contributed by atoms with Gasteiger partial charge in [0.25, 0.3) is 0 Å². The highest BCUT2D eigenvalue weighted by molar-refractivity contribution is 9.13. The average molecular weight is 457 g/mol. The average Bonchev–Trinajstić information content (AvgIpc) is 2.84. The van der Waals surface area contributed by atoms with Crippen LogP contribution in [0.25, 0.3) is 0 Å². The summed E-state index contributed by atoms with van der Waals surface area (Å²) in [5.41, 5.74) is 1.89. The van der Waals surface area contributed by atoms with Gasteiger partial charge in [0.1, 0.15) is 11.9 Å². The highest BCUT2D eigenvalue weighted by Crippen LogP contribution is 2.32. The lowest BCUT2D eigenvalue weighted by molar-refractivity contribution is 0.146. The molecule has 0 fully saturated rings. The van der Waals surface area contributed by atoms with Crippen LogP contribution in [0, 0.1) is 6.92 Å². The molecule has 1 atom stereocenters. The molecule has 2 heterocycles. The van der Waals surface area contributed by atoms with Gasteiger partial charge >= 0.3 is 0 Å². The Balaban J connectivity index is 2.25. The van der Waals surface area contributed by atoms with Crippen molar-refractivity contribution in [2.75, 3.05) is 0 Å². The predicted octanol–water partition coefficient (Wildman–Crippen LogP) is 4.37. The van der Waals surface area contributed by atoms with Crippen molar-refractivity contribution in [2.24, 2.45) is 0 Å². The Kier molecular flexibility index (Phi) is 4.92. The molecule has 2 rings (SSSR count). The number of aliphatic hydroxyl groups is 1. The van der Waals surface area contributed by atoms with Gasteiger partial charge in [0, 0.05) is 13.0 Å². The Morgan fingerprint density at radius 3 is 2.63 bits per heavy atom. The maximum absolute atomic E-state index is 10.3. The van der Waals surface area contributed by atoms with E-state index in [9.17, 15) is 5.11 Å². The van der Waals surface area contributed by atoms with Crippen LogP contribution in [-0.4, -0.2) is 14.9 Å². The van der Waals surface area contributed by atoms with E-state index in [0.29, 0.717) is 16.9 Å². The van der Waals surface area contributed by atoms with Crippen LogP contribution in [0.3, 0.4) is 0 Å². The lowest BCUT2D eigenvalue weighted by Gasteiger charge is -2.10. The number of aryl methyl sites for hydroxylation is 2. The Bertz CT molecular complexity index is 573. The third-order valence-electron chi connectivity index (χ3n) is 2.83. The molecule has 0 bridgehead atoms. The van der Waals surface area contributed by atoms with Crippen LogP contribution >= 0.6 is 47.8 Å². The van der Waals surface area contributed by atoms with E-state index in [2.05, 4.69) is 52.9 Å². The van der Waals surface area contributed by atoms with E-state index in [4.69, 9.17) is 4.42 Å². The first-order valence-corrected chi connectivity index (χ1v) is 8.16. The lowest BCUT2D eigenvalue weighted by Crippen LogP contribution is -2.08. The van der Waals surface area contributed by atoms with Gasteiger partial charge in [-0.25, -0.2) is 0 Å². The zero-order chi connectivity index (χ0) is 14.2. The number of aliphatic hydroxyl groups excluding tert-OH is 1. The Morgan fingerprint density at radius 1 is 1.42 bits per heavy atom. The summed E-state index contributed by atoms with van der Waals surface area (Å²) in [5.74, 6) is 0.521. The Morgan fingerprint density at radius 2 is 2.11 bits per heavy atom. The molecule has 1 unspecified atom stereocenters. The maximum atomic E-state index is 10.3. The summed E-state index contributed by atoms with van der Waals surface area (Å²) in [5, 5.41) is 14.7. The van der Waals surface area contributed by atoms with Crippen molar-refractivity contribution in [3.05, 3.63) is 36.8 Å². The van der Waals surface area contributed by atoms with Crippen LogP contribution in [0.2, 0.25) is 0 Å². The van der Waals surface area contributed by atoms with E-state index in [1.807, 2.05) is 18.5 Å². The summed E-state index contributed by atoms with van der Waals surface area (Å²) in [6.45, 7) is 4.72. The zero-order valence-electron chi connectivity index (χ0n) is 10.5. The highest BCUT2D eigenvalue weighted by Gasteiger charge is 2.20. The molecule has 2 aromatic heterocycles. The minimum Gasteiger partial charge on any atom is -0.450 e. The topological polar surface area (TPSA) is 51.2 Å². The molecule has 19 heavy (non-hydrogen) atoms. The molecule has 0 amide bonds. The number of hydrogen-bond acceptors (Lipinski definition) is 3. The molecule has 0 radical (unpaired) electrons. The van der Waals surface area contributed by atoms with E-state index < -0.39 is 6.10 Å². The second-order valence-corrected chi connectivity index (χ2v) is 6.52. The third-order valence-corrected chi connectivity index (χ3v) is 5.57. The van der Waals surface area contributed by atoms with Crippen LogP contribution in [0.5, 0.6) is 0 Å². The number of hydrogen-bond donors (Lipinski definition) is 1. The molecule has 0 saturated carbocycles. The highest BCUT2D eigenvalue weighted by atomic mass is 79.9. The zero-order valence-corrected chi connectivity index (χ0v) is 15.2. The normalized spacial score (nSPS) is 12.9. The van der Waals surface area contributed by atoms with Crippen LogP contribution < -0.4 is 0 Å². The molecule has 0 aromatic carbocycles. The maximum Gasteiger partial charge on any atom is 0.183 e. The number of aromatic nitrogens is 2. The van der Waals surface area contributed by atoms with Crippen LogP contribution in [0.1, 0.15) is 30.2 Å². The second-order valence-electron chi connectivity index (χ2n) is 4.15. The lowest BCUT2D eigenvalue weighted by atomic mass is 10.1. The molecular formula is C12H13Br3N2O2. The van der Waals surface area contributed by atoms with Crippen LogP contribution in [0.4, 0.5) is 0 Å². The summed E-state index contributed by atoms with van der Waals surface area (Å²) in [7, 11) is 0. The molecular weight excluding hydrogens is 444 g/mol. The van der Waals surface area contributed by atoms with Crippen molar-refractivity contribution in [3.63, 3.8) is 0 Å². The fourth-order valence-electron chi connectivity index (χ4n) is 1.88. The molecule has 2 aromatic rings. The molecule has 0 aliphatic rings. The van der Waals surface area contributed by atoms with Crippen molar-refractivity contribution in [3.8, 4) is 0 Å². The van der Waals surface area contributed by atoms with E-state index in [-0.39, 0.29) is 0 Å². The van der Waals surface area contributed by atoms with Gasteiger partial charge in [-0.15, -0.1) is 0 Å². The minimum atomic E-state index is -0.708. The molecule has 0 aliphatic carbocycles. The molecule has 0 aliphatic heterocycles. The molecule has 0 saturated heterocycles. The number of furan rings is 1. The number of halogens is 3. The van der Waals surface area contributed by atoms with Crippen LogP contribution in [-0.2, 0) is 13.0 Å². The molecule has 0 spiro atoms. The van der Waals surface area contributed by atoms with Gasteiger partial charge in [0.2, 0.25) is 0 Å². The van der Waals surface area contributed by atoms with Crippen molar-refractivity contribution < 1.29 is 9.52 Å². The molecule has 4 nitrogen and oxygen atoms in total. The SMILES string of the molecule is CCn1nc(C)c(Br)c1CC(O)c1cc(Br)c(Br)o1. The van der Waals surface area contributed by atoms with Gasteiger partial charge in [-0.3, -0.25) is 4.68 Å². The van der Waals surface area contributed by atoms with Crippen molar-refractivity contribution in [1.82, 2.24) is 9.78 Å². The van der Waals surface area contributed by atoms with Crippen molar-refractivity contribution in [2.45, 2.75) is 32.9 Å². The summed E-state index contributed by atoms with van der Waals surface area (Å²) in [6.07, 6.45) is -0.262. The van der Waals surface area contributed by atoms with Gasteiger partial charge in [0.15, 0.2) is 4.67 Å². The quantitative estimate of drug-likeness (QED) is 0.743. The molecule has 104 valence electrons. The van der Waals surface area contributed by atoms with Gasteiger partial charge in [-0.1, -0.05) is 0 Å². The Labute approximate surface area is 136 Å². The predicted molar refractivity (Wildman–Crippen MR) is 83.1 cm³/mol. The van der Waals surface area contributed by atoms with Crippen LogP contribution in [0.15, 0.2) is 24.1 Å². The largest absolute Gasteiger partial charge is 0.450 e. The first kappa shape index (κ1) is 15.3. The monoisotopic (exact) mass is 454 g/mol. The first-order chi connectivity index (χ1) is 8.93. The van der Waals surface area contributed by atoms with Crippen molar-refractivity contribution >= 4 is 47.8 Å².